The number of carbonyl (C=O) groups is 1. The fraction of sp³-hybridized carbons (Fsp3) is 0.179. The summed E-state index contributed by atoms with van der Waals surface area (Å²) in [4.78, 5) is 13.0. The molecule has 7 heteroatoms. The average molecular weight is 489 g/mol. The summed E-state index contributed by atoms with van der Waals surface area (Å²) in [6, 6.07) is 27.8. The molecule has 0 heterocycles. The molecule has 0 saturated heterocycles. The number of sulfonamides is 1. The molecule has 6 nitrogen and oxygen atoms in total. The van der Waals surface area contributed by atoms with Gasteiger partial charge in [0.25, 0.3) is 0 Å². The van der Waals surface area contributed by atoms with Gasteiger partial charge in [-0.1, -0.05) is 48.5 Å². The summed E-state index contributed by atoms with van der Waals surface area (Å²) < 4.78 is 28.5. The van der Waals surface area contributed by atoms with Crippen LogP contribution in [0.15, 0.2) is 95.9 Å². The van der Waals surface area contributed by atoms with Gasteiger partial charge in [0, 0.05) is 18.5 Å². The normalized spacial score (nSPS) is 12.3. The molecular formula is C28H28N2O4S. The van der Waals surface area contributed by atoms with Crippen LogP contribution >= 0.6 is 0 Å². The van der Waals surface area contributed by atoms with E-state index < -0.39 is 10.0 Å². The Morgan fingerprint density at radius 3 is 2.29 bits per heavy atom. The Bertz CT molecular complexity index is 1420. The van der Waals surface area contributed by atoms with Crippen LogP contribution in [0, 0.1) is 0 Å². The van der Waals surface area contributed by atoms with Gasteiger partial charge in [-0.15, -0.1) is 0 Å². The molecule has 1 atom stereocenters. The summed E-state index contributed by atoms with van der Waals surface area (Å²) in [7, 11) is -2.14. The summed E-state index contributed by atoms with van der Waals surface area (Å²) in [6.07, 6.45) is 1.43. The Hall–Kier alpha value is -3.68. The molecule has 0 aliphatic rings. The lowest BCUT2D eigenvalue weighted by Crippen LogP contribution is -2.16. The van der Waals surface area contributed by atoms with Gasteiger partial charge < -0.3 is 10.1 Å². The standard InChI is InChI=1S/C28H28N2O4S/c1-34-26-14-10-21-17-23(9-8-22(21)18-26)28(19-25(31)13-7-20-5-3-2-4-6-20)30-24-11-15-27(16-12-24)35(29,32)33/h2-6,8-12,14-18,28,30H,7,13,19H2,1H3,(H2,29,32,33). The topological polar surface area (TPSA) is 98.5 Å². The van der Waals surface area contributed by atoms with Crippen molar-refractivity contribution >= 4 is 32.3 Å². The summed E-state index contributed by atoms with van der Waals surface area (Å²) in [5.74, 6) is 0.924. The molecule has 0 amide bonds. The van der Waals surface area contributed by atoms with E-state index in [9.17, 15) is 13.2 Å². The van der Waals surface area contributed by atoms with Crippen LogP contribution in [0.2, 0.25) is 0 Å². The summed E-state index contributed by atoms with van der Waals surface area (Å²) in [5.41, 5.74) is 2.79. The van der Waals surface area contributed by atoms with Crippen LogP contribution in [0.3, 0.4) is 0 Å². The van der Waals surface area contributed by atoms with Gasteiger partial charge >= 0.3 is 0 Å². The number of hydrogen-bond acceptors (Lipinski definition) is 5. The third-order valence-electron chi connectivity index (χ3n) is 5.96. The van der Waals surface area contributed by atoms with E-state index in [1.165, 1.54) is 12.1 Å². The first kappa shape index (κ1) is 24.4. The van der Waals surface area contributed by atoms with Gasteiger partial charge in [0.1, 0.15) is 11.5 Å². The second-order valence-corrected chi connectivity index (χ2v) is 10.0. The van der Waals surface area contributed by atoms with Crippen molar-refractivity contribution in [2.45, 2.75) is 30.2 Å². The Morgan fingerprint density at radius 1 is 0.914 bits per heavy atom. The van der Waals surface area contributed by atoms with Crippen molar-refractivity contribution in [1.82, 2.24) is 0 Å². The number of anilines is 1. The summed E-state index contributed by atoms with van der Waals surface area (Å²) in [5, 5.41) is 10.7. The molecule has 0 saturated carbocycles. The fourth-order valence-electron chi connectivity index (χ4n) is 4.04. The minimum atomic E-state index is -3.78. The number of ketones is 1. The summed E-state index contributed by atoms with van der Waals surface area (Å²) >= 11 is 0. The highest BCUT2D eigenvalue weighted by atomic mass is 32.2. The van der Waals surface area contributed by atoms with Crippen molar-refractivity contribution in [1.29, 1.82) is 0 Å². The Morgan fingerprint density at radius 2 is 1.60 bits per heavy atom. The number of carbonyl (C=O) groups excluding carboxylic acids is 1. The third-order valence-corrected chi connectivity index (χ3v) is 6.89. The second-order valence-electron chi connectivity index (χ2n) is 8.47. The number of nitrogens with two attached hydrogens (primary N) is 1. The van der Waals surface area contributed by atoms with Crippen LogP contribution in [0.25, 0.3) is 10.8 Å². The summed E-state index contributed by atoms with van der Waals surface area (Å²) in [6.45, 7) is 0. The first-order chi connectivity index (χ1) is 16.8. The molecule has 0 fully saturated rings. The van der Waals surface area contributed by atoms with E-state index in [1.54, 1.807) is 19.2 Å². The lowest BCUT2D eigenvalue weighted by molar-refractivity contribution is -0.119. The van der Waals surface area contributed by atoms with E-state index in [2.05, 4.69) is 11.4 Å². The third kappa shape index (κ3) is 6.47. The Labute approximate surface area is 205 Å². The number of methoxy groups -OCH3 is 1. The van der Waals surface area contributed by atoms with Gasteiger partial charge in [-0.2, -0.15) is 0 Å². The highest BCUT2D eigenvalue weighted by molar-refractivity contribution is 7.89. The van der Waals surface area contributed by atoms with Crippen molar-refractivity contribution < 1.29 is 17.9 Å². The molecule has 0 aliphatic carbocycles. The quantitative estimate of drug-likeness (QED) is 0.318. The number of ether oxygens (including phenoxy) is 1. The predicted octanol–water partition coefficient (Wildman–Crippen LogP) is 5.24. The van der Waals surface area contributed by atoms with Crippen molar-refractivity contribution in [2.75, 3.05) is 12.4 Å². The maximum Gasteiger partial charge on any atom is 0.238 e. The zero-order valence-electron chi connectivity index (χ0n) is 19.5. The largest absolute Gasteiger partial charge is 0.497 e. The number of nitrogens with one attached hydrogen (secondary N) is 1. The highest BCUT2D eigenvalue weighted by Gasteiger charge is 2.18. The Kier molecular flexibility index (Phi) is 7.48. The molecule has 0 aromatic heterocycles. The first-order valence-electron chi connectivity index (χ1n) is 11.3. The van der Waals surface area contributed by atoms with Crippen LogP contribution < -0.4 is 15.2 Å². The fourth-order valence-corrected chi connectivity index (χ4v) is 4.55. The van der Waals surface area contributed by atoms with Crippen LogP contribution in [-0.2, 0) is 21.2 Å². The van der Waals surface area contributed by atoms with Gasteiger partial charge in [-0.05, 0) is 70.8 Å². The van der Waals surface area contributed by atoms with E-state index in [4.69, 9.17) is 9.88 Å². The smallest absolute Gasteiger partial charge is 0.238 e. The van der Waals surface area contributed by atoms with Crippen LogP contribution in [0.1, 0.15) is 30.0 Å². The van der Waals surface area contributed by atoms with Crippen LogP contribution in [0.4, 0.5) is 5.69 Å². The van der Waals surface area contributed by atoms with Crippen LogP contribution in [-0.4, -0.2) is 21.3 Å². The average Bonchev–Trinajstić information content (AvgIpc) is 2.87. The number of rotatable bonds is 10. The minimum Gasteiger partial charge on any atom is -0.497 e. The minimum absolute atomic E-state index is 0.0400. The monoisotopic (exact) mass is 488 g/mol. The lowest BCUT2D eigenvalue weighted by Gasteiger charge is -2.21. The Balaban J connectivity index is 1.58. The molecule has 4 rings (SSSR count). The number of Topliss-reactive ketones (excluding diaryl/α,β-unsaturated/α-hetero) is 1. The van der Waals surface area contributed by atoms with E-state index >= 15 is 0 Å². The van der Waals surface area contributed by atoms with Crippen molar-refractivity contribution in [2.24, 2.45) is 5.14 Å². The zero-order valence-corrected chi connectivity index (χ0v) is 20.3. The number of primary sulfonamides is 1. The molecule has 4 aromatic rings. The van der Waals surface area contributed by atoms with Gasteiger partial charge in [0.05, 0.1) is 18.0 Å². The van der Waals surface area contributed by atoms with Gasteiger partial charge in [-0.25, -0.2) is 13.6 Å². The zero-order chi connectivity index (χ0) is 24.8. The number of aryl methyl sites for hydroxylation is 1. The van der Waals surface area contributed by atoms with Crippen molar-refractivity contribution in [3.63, 3.8) is 0 Å². The molecule has 0 bridgehead atoms. The molecule has 0 aliphatic heterocycles. The van der Waals surface area contributed by atoms with Crippen molar-refractivity contribution in [3.05, 3.63) is 102 Å². The molecule has 180 valence electrons. The van der Waals surface area contributed by atoms with E-state index in [1.807, 2.05) is 60.7 Å². The SMILES string of the molecule is COc1ccc2cc(C(CC(=O)CCc3ccccc3)Nc3ccc(S(N)(=O)=O)cc3)ccc2c1. The van der Waals surface area contributed by atoms with Crippen LogP contribution in [0.5, 0.6) is 5.75 Å². The van der Waals surface area contributed by atoms with E-state index in [-0.39, 0.29) is 16.7 Å². The van der Waals surface area contributed by atoms with Gasteiger partial charge in [0.15, 0.2) is 0 Å². The predicted molar refractivity (Wildman–Crippen MR) is 139 cm³/mol. The molecule has 4 aromatic carbocycles. The lowest BCUT2D eigenvalue weighted by atomic mass is 9.95. The first-order valence-corrected chi connectivity index (χ1v) is 12.9. The maximum atomic E-state index is 13.0. The molecule has 3 N–H and O–H groups in total. The molecule has 35 heavy (non-hydrogen) atoms. The molecular weight excluding hydrogens is 460 g/mol. The molecule has 0 radical (unpaired) electrons. The molecule has 0 spiro atoms. The number of hydrogen-bond donors (Lipinski definition) is 2. The number of fused-ring (bicyclic) bond motifs is 1. The molecule has 1 unspecified atom stereocenters. The second kappa shape index (κ2) is 10.7. The number of benzene rings is 4. The van der Waals surface area contributed by atoms with Gasteiger partial charge in [-0.3, -0.25) is 4.79 Å². The maximum absolute atomic E-state index is 13.0. The van der Waals surface area contributed by atoms with E-state index in [0.29, 0.717) is 24.9 Å². The van der Waals surface area contributed by atoms with E-state index in [0.717, 1.165) is 27.6 Å². The van der Waals surface area contributed by atoms with Crippen molar-refractivity contribution in [3.8, 4) is 5.75 Å². The van der Waals surface area contributed by atoms with Gasteiger partial charge in [0.2, 0.25) is 10.0 Å². The highest BCUT2D eigenvalue weighted by Crippen LogP contribution is 2.29.